The molecule has 0 aromatic heterocycles. The molecule has 0 radical (unpaired) electrons. The van der Waals surface area contributed by atoms with Crippen molar-refractivity contribution in [3.8, 4) is 6.07 Å². The summed E-state index contributed by atoms with van der Waals surface area (Å²) < 4.78 is 0. The molecule has 2 aromatic carbocycles. The molecule has 0 heterocycles. The topological polar surface area (TPSA) is 110 Å². The molecule has 0 amide bonds. The number of nitro benzene ring substituents is 2. The lowest BCUT2D eigenvalue weighted by atomic mass is 10.2. The molecule has 0 unspecified atom stereocenters. The van der Waals surface area contributed by atoms with E-state index in [0.717, 1.165) is 0 Å². The van der Waals surface area contributed by atoms with Gasteiger partial charge in [-0.05, 0) is 18.2 Å². The van der Waals surface area contributed by atoms with Crippen molar-refractivity contribution in [2.24, 2.45) is 0 Å². The van der Waals surface area contributed by atoms with Crippen LogP contribution >= 0.6 is 11.8 Å². The largest absolute Gasteiger partial charge is 0.270 e. The Labute approximate surface area is 123 Å². The quantitative estimate of drug-likeness (QED) is 0.631. The third kappa shape index (κ3) is 3.34. The summed E-state index contributed by atoms with van der Waals surface area (Å²) in [5.41, 5.74) is 0.00992. The molecule has 0 aliphatic rings. The first-order valence-corrected chi connectivity index (χ1v) is 6.44. The van der Waals surface area contributed by atoms with E-state index in [-0.39, 0.29) is 16.9 Å². The highest BCUT2D eigenvalue weighted by atomic mass is 32.2. The molecule has 2 rings (SSSR count). The predicted octanol–water partition coefficient (Wildman–Crippen LogP) is 3.53. The van der Waals surface area contributed by atoms with Gasteiger partial charge in [0.15, 0.2) is 0 Å². The number of nitro groups is 2. The lowest BCUT2D eigenvalue weighted by Crippen LogP contribution is -1.90. The lowest BCUT2D eigenvalue weighted by Gasteiger charge is -2.03. The van der Waals surface area contributed by atoms with E-state index >= 15 is 0 Å². The van der Waals surface area contributed by atoms with Crippen LogP contribution in [0.2, 0.25) is 0 Å². The highest BCUT2D eigenvalue weighted by molar-refractivity contribution is 7.99. The number of benzene rings is 2. The van der Waals surface area contributed by atoms with Crippen LogP contribution in [-0.2, 0) is 0 Å². The van der Waals surface area contributed by atoms with E-state index in [2.05, 4.69) is 0 Å². The zero-order chi connectivity index (χ0) is 15.4. The Kier molecular flexibility index (Phi) is 4.15. The Morgan fingerprint density at radius 1 is 0.952 bits per heavy atom. The molecule has 0 atom stereocenters. The van der Waals surface area contributed by atoms with Crippen molar-refractivity contribution in [1.82, 2.24) is 0 Å². The first kappa shape index (κ1) is 14.5. The van der Waals surface area contributed by atoms with E-state index < -0.39 is 9.85 Å². The molecule has 8 heteroatoms. The van der Waals surface area contributed by atoms with Gasteiger partial charge < -0.3 is 0 Å². The Morgan fingerprint density at radius 3 is 2.05 bits per heavy atom. The zero-order valence-corrected chi connectivity index (χ0v) is 11.2. The molecule has 2 aromatic rings. The molecule has 0 N–H and O–H groups in total. The summed E-state index contributed by atoms with van der Waals surface area (Å²) in [6, 6.07) is 11.8. The van der Waals surface area contributed by atoms with E-state index in [0.29, 0.717) is 9.79 Å². The SMILES string of the molecule is N#Cc1cc([N+](=O)[O-])ccc1Sc1ccc([N+](=O)[O-])cc1. The molecule has 21 heavy (non-hydrogen) atoms. The fourth-order valence-corrected chi connectivity index (χ4v) is 2.45. The van der Waals surface area contributed by atoms with Gasteiger partial charge in [-0.3, -0.25) is 20.2 Å². The minimum Gasteiger partial charge on any atom is -0.258 e. The molecule has 0 bridgehead atoms. The van der Waals surface area contributed by atoms with Crippen LogP contribution in [0.4, 0.5) is 11.4 Å². The number of non-ortho nitro benzene ring substituents is 2. The molecular formula is C13H7N3O4S. The Morgan fingerprint density at radius 2 is 1.52 bits per heavy atom. The van der Waals surface area contributed by atoms with Gasteiger partial charge in [0.2, 0.25) is 0 Å². The van der Waals surface area contributed by atoms with Gasteiger partial charge in [-0.2, -0.15) is 5.26 Å². The third-order valence-corrected chi connectivity index (χ3v) is 3.65. The molecule has 0 spiro atoms. The number of hydrogen-bond donors (Lipinski definition) is 0. The van der Waals surface area contributed by atoms with Crippen LogP contribution in [0.25, 0.3) is 0 Å². The van der Waals surface area contributed by atoms with Crippen molar-refractivity contribution in [2.75, 3.05) is 0 Å². The normalized spacial score (nSPS) is 9.86. The minimum atomic E-state index is -0.568. The fraction of sp³-hybridized carbons (Fsp3) is 0. The highest BCUT2D eigenvalue weighted by Gasteiger charge is 2.12. The molecule has 0 fully saturated rings. The molecule has 0 saturated heterocycles. The van der Waals surface area contributed by atoms with Gasteiger partial charge in [0.1, 0.15) is 6.07 Å². The summed E-state index contributed by atoms with van der Waals surface area (Å²) in [7, 11) is 0. The van der Waals surface area contributed by atoms with Crippen LogP contribution < -0.4 is 0 Å². The number of hydrogen-bond acceptors (Lipinski definition) is 6. The molecular weight excluding hydrogens is 294 g/mol. The van der Waals surface area contributed by atoms with Gasteiger partial charge in [0.25, 0.3) is 11.4 Å². The second-order valence-corrected chi connectivity index (χ2v) is 5.02. The summed E-state index contributed by atoms with van der Waals surface area (Å²) in [5.74, 6) is 0. The number of nitrogens with zero attached hydrogens (tertiary/aromatic N) is 3. The second kappa shape index (κ2) is 6.02. The maximum atomic E-state index is 10.7. The van der Waals surface area contributed by atoms with Crippen LogP contribution in [0.3, 0.4) is 0 Å². The van der Waals surface area contributed by atoms with Crippen LogP contribution in [-0.4, -0.2) is 9.85 Å². The van der Waals surface area contributed by atoms with Crippen LogP contribution in [0.15, 0.2) is 52.3 Å². The summed E-state index contributed by atoms with van der Waals surface area (Å²) in [6.45, 7) is 0. The summed E-state index contributed by atoms with van der Waals surface area (Å²) in [6.07, 6.45) is 0. The Balaban J connectivity index is 2.29. The van der Waals surface area contributed by atoms with Gasteiger partial charge in [-0.25, -0.2) is 0 Å². The number of rotatable bonds is 4. The van der Waals surface area contributed by atoms with Gasteiger partial charge in [0.05, 0.1) is 15.4 Å². The van der Waals surface area contributed by atoms with Crippen molar-refractivity contribution in [1.29, 1.82) is 5.26 Å². The summed E-state index contributed by atoms with van der Waals surface area (Å²) >= 11 is 1.21. The molecule has 0 saturated carbocycles. The average molecular weight is 301 g/mol. The monoisotopic (exact) mass is 301 g/mol. The maximum Gasteiger partial charge on any atom is 0.270 e. The van der Waals surface area contributed by atoms with Gasteiger partial charge >= 0.3 is 0 Å². The van der Waals surface area contributed by atoms with Gasteiger partial charge in [0, 0.05) is 34.1 Å². The van der Waals surface area contributed by atoms with Crippen LogP contribution in [0, 0.1) is 31.6 Å². The van der Waals surface area contributed by atoms with E-state index in [1.54, 1.807) is 12.1 Å². The van der Waals surface area contributed by atoms with Gasteiger partial charge in [-0.15, -0.1) is 0 Å². The first-order chi connectivity index (χ1) is 10.0. The van der Waals surface area contributed by atoms with Gasteiger partial charge in [-0.1, -0.05) is 11.8 Å². The van der Waals surface area contributed by atoms with Crippen molar-refractivity contribution >= 4 is 23.1 Å². The zero-order valence-electron chi connectivity index (χ0n) is 10.4. The van der Waals surface area contributed by atoms with E-state index in [1.165, 1.54) is 42.1 Å². The first-order valence-electron chi connectivity index (χ1n) is 5.62. The summed E-state index contributed by atoms with van der Waals surface area (Å²) in [5, 5.41) is 30.3. The Hall–Kier alpha value is -2.92. The molecule has 0 aliphatic heterocycles. The lowest BCUT2D eigenvalue weighted by molar-refractivity contribution is -0.385. The molecule has 104 valence electrons. The predicted molar refractivity (Wildman–Crippen MR) is 75.0 cm³/mol. The van der Waals surface area contributed by atoms with Crippen LogP contribution in [0.5, 0.6) is 0 Å². The average Bonchev–Trinajstić information content (AvgIpc) is 2.48. The van der Waals surface area contributed by atoms with Crippen molar-refractivity contribution < 1.29 is 9.85 Å². The third-order valence-electron chi connectivity index (χ3n) is 2.57. The summed E-state index contributed by atoms with van der Waals surface area (Å²) in [4.78, 5) is 21.4. The molecule has 0 aliphatic carbocycles. The van der Waals surface area contributed by atoms with Crippen molar-refractivity contribution in [2.45, 2.75) is 9.79 Å². The maximum absolute atomic E-state index is 10.7. The highest BCUT2D eigenvalue weighted by Crippen LogP contribution is 2.32. The van der Waals surface area contributed by atoms with E-state index in [9.17, 15) is 20.2 Å². The second-order valence-electron chi connectivity index (χ2n) is 3.90. The van der Waals surface area contributed by atoms with Crippen molar-refractivity contribution in [3.63, 3.8) is 0 Å². The Bertz CT molecular complexity index is 753. The number of nitriles is 1. The fourth-order valence-electron chi connectivity index (χ4n) is 1.57. The van der Waals surface area contributed by atoms with Crippen molar-refractivity contribution in [3.05, 3.63) is 68.3 Å². The molecule has 7 nitrogen and oxygen atoms in total. The van der Waals surface area contributed by atoms with E-state index in [4.69, 9.17) is 5.26 Å². The smallest absolute Gasteiger partial charge is 0.258 e. The minimum absolute atomic E-state index is 0.0245. The van der Waals surface area contributed by atoms with E-state index in [1.807, 2.05) is 6.07 Å². The standard InChI is InChI=1S/C13H7N3O4S/c14-8-9-7-11(16(19)20)3-6-13(9)21-12-4-1-10(2-5-12)15(17)18/h1-7H. The van der Waals surface area contributed by atoms with Crippen LogP contribution in [0.1, 0.15) is 5.56 Å².